The van der Waals surface area contributed by atoms with Gasteiger partial charge in [0.05, 0.1) is 48.3 Å². The van der Waals surface area contributed by atoms with Crippen LogP contribution in [0.4, 0.5) is 44.1 Å². The molecule has 2 aliphatic rings. The van der Waals surface area contributed by atoms with E-state index in [9.17, 15) is 31.4 Å². The fourth-order valence-electron chi connectivity index (χ4n) is 6.36. The maximum absolute atomic E-state index is 13.8. The average molecular weight is 726 g/mol. The minimum absolute atomic E-state index is 0.105. The molecular weight excluding hydrogens is 692 g/mol. The van der Waals surface area contributed by atoms with Gasteiger partial charge in [-0.2, -0.15) is 36.4 Å². The van der Waals surface area contributed by atoms with Crippen molar-refractivity contribution < 1.29 is 36.2 Å². The molecule has 2 fully saturated rings. The van der Waals surface area contributed by atoms with Gasteiger partial charge in [-0.05, 0) is 43.0 Å². The van der Waals surface area contributed by atoms with Crippen molar-refractivity contribution in [3.8, 4) is 11.1 Å². The van der Waals surface area contributed by atoms with Crippen LogP contribution in [0.25, 0.3) is 11.1 Å². The van der Waals surface area contributed by atoms with Gasteiger partial charge < -0.3 is 24.5 Å². The van der Waals surface area contributed by atoms with Gasteiger partial charge in [-0.25, -0.2) is 15.0 Å². The number of benzene rings is 1. The lowest BCUT2D eigenvalue weighted by atomic mass is 10.0. The molecule has 0 bridgehead atoms. The number of piperidine rings is 1. The highest BCUT2D eigenvalue weighted by atomic mass is 35.5. The molecule has 6 rings (SSSR count). The second kappa shape index (κ2) is 14.2. The summed E-state index contributed by atoms with van der Waals surface area (Å²) < 4.78 is 90.1. The van der Waals surface area contributed by atoms with Crippen LogP contribution in [0.1, 0.15) is 36.0 Å². The lowest BCUT2D eigenvalue weighted by molar-refractivity contribution is -0.143. The van der Waals surface area contributed by atoms with Crippen molar-refractivity contribution in [1.29, 1.82) is 0 Å². The largest absolute Gasteiger partial charge is 0.416 e. The summed E-state index contributed by atoms with van der Waals surface area (Å²) in [6.07, 6.45) is -1.03. The zero-order valence-corrected chi connectivity index (χ0v) is 27.8. The van der Waals surface area contributed by atoms with E-state index in [0.717, 1.165) is 5.56 Å². The molecule has 50 heavy (non-hydrogen) atoms. The van der Waals surface area contributed by atoms with Crippen molar-refractivity contribution in [2.45, 2.75) is 56.3 Å². The second-order valence-corrected chi connectivity index (χ2v) is 12.8. The third kappa shape index (κ3) is 7.89. The fourth-order valence-corrected chi connectivity index (χ4v) is 6.56. The van der Waals surface area contributed by atoms with Gasteiger partial charge in [0.1, 0.15) is 5.02 Å². The second-order valence-electron chi connectivity index (χ2n) is 12.4. The zero-order valence-electron chi connectivity index (χ0n) is 27.0. The molecule has 0 aliphatic carbocycles. The van der Waals surface area contributed by atoms with E-state index >= 15 is 0 Å². The fraction of sp³-hybridized carbons (Fsp3) is 0.469. The molecule has 2 unspecified atom stereocenters. The van der Waals surface area contributed by atoms with E-state index in [1.807, 2.05) is 9.80 Å². The molecule has 1 N–H and O–H groups in total. The van der Waals surface area contributed by atoms with E-state index in [0.29, 0.717) is 61.8 Å². The van der Waals surface area contributed by atoms with Gasteiger partial charge in [0, 0.05) is 70.1 Å². The molecule has 2 saturated heterocycles. The number of aromatic nitrogens is 6. The van der Waals surface area contributed by atoms with Crippen molar-refractivity contribution in [2.24, 2.45) is 7.05 Å². The molecular formula is C32H34ClF6N9O2. The van der Waals surface area contributed by atoms with Gasteiger partial charge in [-0.1, -0.05) is 11.6 Å². The van der Waals surface area contributed by atoms with Crippen LogP contribution >= 0.6 is 11.6 Å². The Morgan fingerprint density at radius 1 is 0.940 bits per heavy atom. The third-order valence-electron chi connectivity index (χ3n) is 8.86. The van der Waals surface area contributed by atoms with Crippen LogP contribution < -0.4 is 14.7 Å². The first-order chi connectivity index (χ1) is 23.7. The minimum atomic E-state index is -5.01. The maximum Gasteiger partial charge on any atom is 0.416 e. The van der Waals surface area contributed by atoms with E-state index in [2.05, 4.69) is 20.1 Å². The van der Waals surface area contributed by atoms with E-state index in [-0.39, 0.29) is 48.3 Å². The number of alkyl halides is 6. The lowest BCUT2D eigenvalue weighted by Gasteiger charge is -2.32. The number of aliphatic hydroxyl groups excluding tert-OH is 1. The van der Waals surface area contributed by atoms with E-state index in [1.54, 1.807) is 29.0 Å². The minimum Gasteiger partial charge on any atom is -0.393 e. The van der Waals surface area contributed by atoms with Crippen LogP contribution in [-0.4, -0.2) is 86.4 Å². The van der Waals surface area contributed by atoms with Gasteiger partial charge in [-0.15, -0.1) is 0 Å². The summed E-state index contributed by atoms with van der Waals surface area (Å²) in [5.74, 6) is 0.928. The summed E-state index contributed by atoms with van der Waals surface area (Å²) >= 11 is 6.65. The summed E-state index contributed by atoms with van der Waals surface area (Å²) in [6.45, 7) is 1.16. The molecule has 4 aromatic rings. The van der Waals surface area contributed by atoms with Crippen molar-refractivity contribution in [2.75, 3.05) is 48.1 Å². The molecule has 18 heteroatoms. The van der Waals surface area contributed by atoms with Crippen LogP contribution in [-0.2, 0) is 30.7 Å². The molecule has 3 aromatic heterocycles. The predicted molar refractivity (Wildman–Crippen MR) is 173 cm³/mol. The van der Waals surface area contributed by atoms with Gasteiger partial charge >= 0.3 is 12.4 Å². The highest BCUT2D eigenvalue weighted by molar-refractivity contribution is 6.32. The number of rotatable bonds is 9. The smallest absolute Gasteiger partial charge is 0.393 e. The van der Waals surface area contributed by atoms with Crippen molar-refractivity contribution in [3.05, 3.63) is 70.9 Å². The Balaban J connectivity index is 1.38. The van der Waals surface area contributed by atoms with Gasteiger partial charge in [0.15, 0.2) is 5.82 Å². The summed E-state index contributed by atoms with van der Waals surface area (Å²) in [5, 5.41) is 14.4. The summed E-state index contributed by atoms with van der Waals surface area (Å²) in [5.41, 5.74) is -1.70. The molecule has 0 amide bonds. The Morgan fingerprint density at radius 2 is 1.60 bits per heavy atom. The Bertz CT molecular complexity index is 1750. The van der Waals surface area contributed by atoms with Gasteiger partial charge in [0.25, 0.3) is 0 Å². The van der Waals surface area contributed by atoms with Crippen molar-refractivity contribution >= 4 is 29.3 Å². The number of anilines is 3. The highest BCUT2D eigenvalue weighted by Crippen LogP contribution is 2.39. The summed E-state index contributed by atoms with van der Waals surface area (Å²) in [7, 11) is 3.27. The molecule has 11 nitrogen and oxygen atoms in total. The quantitative estimate of drug-likeness (QED) is 0.219. The maximum atomic E-state index is 13.8. The normalized spacial score (nSPS) is 19.0. The Hall–Kier alpha value is -4.22. The first kappa shape index (κ1) is 35.6. The zero-order chi connectivity index (χ0) is 35.8. The number of aliphatic hydroxyl groups is 1. The van der Waals surface area contributed by atoms with Gasteiger partial charge in [0.2, 0.25) is 11.9 Å². The number of ether oxygens (including phenoxy) is 1. The number of halogens is 7. The lowest BCUT2D eigenvalue weighted by Crippen LogP contribution is -2.39. The average Bonchev–Trinajstić information content (AvgIpc) is 3.70. The predicted octanol–water partition coefficient (Wildman–Crippen LogP) is 5.62. The topological polar surface area (TPSA) is 109 Å². The molecule has 2 aliphatic heterocycles. The van der Waals surface area contributed by atoms with Crippen LogP contribution in [0.5, 0.6) is 0 Å². The molecule has 0 radical (unpaired) electrons. The van der Waals surface area contributed by atoms with E-state index < -0.39 is 35.6 Å². The standard InChI is InChI=1S/C32H34ClF6N9O2/c1-45-16-21(13-43-45)20-11-40-29(41-12-20)48(15-19-7-22(31(34,35)36)9-23(8-19)32(37,38)39)24-10-25(18-50-2)47(17-24)28-27(33)14-42-30(44-28)46-5-3-26(49)4-6-46/h7-9,11-14,16,24-26,49H,3-6,10,15,17-18H2,1-2H3. The highest BCUT2D eigenvalue weighted by Gasteiger charge is 2.40. The van der Waals surface area contributed by atoms with E-state index in [4.69, 9.17) is 21.3 Å². The third-order valence-corrected chi connectivity index (χ3v) is 9.12. The first-order valence-electron chi connectivity index (χ1n) is 15.8. The number of aryl methyl sites for hydroxylation is 1. The molecule has 5 heterocycles. The Kier molecular flexibility index (Phi) is 10.1. The molecule has 0 spiro atoms. The number of nitrogens with zero attached hydrogens (tertiary/aromatic N) is 9. The summed E-state index contributed by atoms with van der Waals surface area (Å²) in [4.78, 5) is 23.7. The SMILES string of the molecule is COCC1CC(N(Cc2cc(C(F)(F)F)cc(C(F)(F)F)c2)c2ncc(-c3cnn(C)c3)cn2)CN1c1nc(N2CCC(O)CC2)ncc1Cl. The molecule has 1 aromatic carbocycles. The Labute approximate surface area is 288 Å². The molecule has 0 saturated carbocycles. The van der Waals surface area contributed by atoms with Crippen LogP contribution in [0.15, 0.2) is 49.2 Å². The number of hydrogen-bond donors (Lipinski definition) is 1. The molecule has 268 valence electrons. The monoisotopic (exact) mass is 725 g/mol. The number of hydrogen-bond acceptors (Lipinski definition) is 10. The van der Waals surface area contributed by atoms with Crippen LogP contribution in [0.2, 0.25) is 5.02 Å². The van der Waals surface area contributed by atoms with Crippen LogP contribution in [0, 0.1) is 0 Å². The molecule has 2 atom stereocenters. The first-order valence-corrected chi connectivity index (χ1v) is 16.1. The van der Waals surface area contributed by atoms with E-state index in [1.165, 1.54) is 25.7 Å². The number of methoxy groups -OCH3 is 1. The Morgan fingerprint density at radius 3 is 2.18 bits per heavy atom. The van der Waals surface area contributed by atoms with Crippen molar-refractivity contribution in [3.63, 3.8) is 0 Å². The van der Waals surface area contributed by atoms with Crippen LogP contribution in [0.3, 0.4) is 0 Å². The van der Waals surface area contributed by atoms with Gasteiger partial charge in [-0.3, -0.25) is 4.68 Å². The van der Waals surface area contributed by atoms with Crippen molar-refractivity contribution in [1.82, 2.24) is 29.7 Å². The summed E-state index contributed by atoms with van der Waals surface area (Å²) in [6, 6.07) is 0.681.